The Morgan fingerprint density at radius 3 is 2.80 bits per heavy atom. The number of piperidine rings is 1. The Morgan fingerprint density at radius 2 is 2.10 bits per heavy atom. The fraction of sp³-hybridized carbons (Fsp3) is 0.600. The van der Waals surface area contributed by atoms with Gasteiger partial charge in [0.2, 0.25) is 0 Å². The summed E-state index contributed by atoms with van der Waals surface area (Å²) in [5, 5.41) is 4.80. The lowest BCUT2D eigenvalue weighted by Crippen LogP contribution is -2.41. The minimum Gasteiger partial charge on any atom is -0.381 e. The zero-order valence-corrected chi connectivity index (χ0v) is 13.9. The first-order valence-electron chi connectivity index (χ1n) is 6.88. The average Bonchev–Trinajstić information content (AvgIpc) is 3.10. The number of nitrogens with one attached hydrogen (secondary N) is 1. The molecule has 0 radical (unpaired) electrons. The van der Waals surface area contributed by atoms with Crippen LogP contribution in [-0.4, -0.2) is 26.3 Å². The molecule has 0 bridgehead atoms. The van der Waals surface area contributed by atoms with Gasteiger partial charge in [0.05, 0.1) is 16.7 Å². The van der Waals surface area contributed by atoms with Crippen LogP contribution in [0, 0.1) is 5.41 Å². The summed E-state index contributed by atoms with van der Waals surface area (Å²) in [6.07, 6.45) is 2.34. The highest BCUT2D eigenvalue weighted by Gasteiger charge is 2.68. The smallest absolute Gasteiger partial charge is 0.0595 e. The van der Waals surface area contributed by atoms with Gasteiger partial charge in [-0.3, -0.25) is 0 Å². The van der Waals surface area contributed by atoms with Crippen LogP contribution >= 0.6 is 35.6 Å². The molecule has 0 spiro atoms. The van der Waals surface area contributed by atoms with E-state index < -0.39 is 0 Å². The minimum atomic E-state index is 0. The molecule has 5 heteroatoms. The molecule has 2 aliphatic rings. The van der Waals surface area contributed by atoms with E-state index in [1.165, 1.54) is 12.0 Å². The fourth-order valence-corrected chi connectivity index (χ4v) is 3.93. The van der Waals surface area contributed by atoms with Gasteiger partial charge in [-0.05, 0) is 44.0 Å². The molecule has 2 atom stereocenters. The quantitative estimate of drug-likeness (QED) is 0.895. The average molecular weight is 337 g/mol. The molecule has 0 aromatic heterocycles. The van der Waals surface area contributed by atoms with Gasteiger partial charge in [-0.25, -0.2) is 0 Å². The summed E-state index contributed by atoms with van der Waals surface area (Å²) in [6, 6.07) is 6.09. The zero-order chi connectivity index (χ0) is 13.5. The summed E-state index contributed by atoms with van der Waals surface area (Å²) in [6.45, 7) is 5.76. The molecule has 1 aliphatic carbocycles. The number of fused-ring (bicyclic) bond motifs is 1. The lowest BCUT2D eigenvalue weighted by molar-refractivity contribution is 0.0817. The number of rotatable bonds is 4. The summed E-state index contributed by atoms with van der Waals surface area (Å²) in [5.74, 6) is 0. The normalized spacial score (nSPS) is 31.4. The molecule has 1 aromatic rings. The molecule has 3 rings (SSSR count). The van der Waals surface area contributed by atoms with E-state index in [4.69, 9.17) is 27.9 Å². The molecule has 1 saturated carbocycles. The Balaban J connectivity index is 0.00000147. The molecule has 1 saturated heterocycles. The third-order valence-corrected chi connectivity index (χ3v) is 5.52. The number of hydrogen-bond acceptors (Lipinski definition) is 2. The highest BCUT2D eigenvalue weighted by atomic mass is 35.5. The molecular weight excluding hydrogens is 317 g/mol. The van der Waals surface area contributed by atoms with Crippen LogP contribution in [0.4, 0.5) is 0 Å². The maximum absolute atomic E-state index is 6.18. The third-order valence-electron chi connectivity index (χ3n) is 4.78. The fourth-order valence-electron chi connectivity index (χ4n) is 3.63. The Morgan fingerprint density at radius 1 is 1.30 bits per heavy atom. The largest absolute Gasteiger partial charge is 0.381 e. The lowest BCUT2D eigenvalue weighted by Gasteiger charge is -2.31. The number of halogens is 3. The van der Waals surface area contributed by atoms with Gasteiger partial charge in [0.1, 0.15) is 0 Å². The van der Waals surface area contributed by atoms with E-state index in [1.807, 2.05) is 12.1 Å². The Bertz CT molecular complexity index is 496. The van der Waals surface area contributed by atoms with Crippen molar-refractivity contribution >= 4 is 35.6 Å². The van der Waals surface area contributed by atoms with E-state index in [0.717, 1.165) is 32.7 Å². The van der Waals surface area contributed by atoms with Gasteiger partial charge < -0.3 is 10.1 Å². The Labute approximate surface area is 136 Å². The van der Waals surface area contributed by atoms with Crippen molar-refractivity contribution in [3.8, 4) is 0 Å². The molecule has 1 aromatic carbocycles. The highest BCUT2D eigenvalue weighted by molar-refractivity contribution is 6.42. The van der Waals surface area contributed by atoms with E-state index in [1.54, 1.807) is 0 Å². The molecule has 1 aliphatic heterocycles. The lowest BCUT2D eigenvalue weighted by atomic mass is 9.81. The van der Waals surface area contributed by atoms with E-state index in [-0.39, 0.29) is 23.2 Å². The van der Waals surface area contributed by atoms with E-state index in [2.05, 4.69) is 18.3 Å². The van der Waals surface area contributed by atoms with Crippen LogP contribution in [0.2, 0.25) is 10.0 Å². The van der Waals surface area contributed by atoms with Gasteiger partial charge in [-0.1, -0.05) is 29.3 Å². The number of ether oxygens (including phenoxy) is 1. The maximum Gasteiger partial charge on any atom is 0.0595 e. The number of benzene rings is 1. The summed E-state index contributed by atoms with van der Waals surface area (Å²) < 4.78 is 5.72. The molecule has 1 heterocycles. The molecule has 112 valence electrons. The first kappa shape index (κ1) is 16.4. The van der Waals surface area contributed by atoms with Crippen molar-refractivity contribution < 1.29 is 4.74 Å². The molecule has 2 fully saturated rings. The maximum atomic E-state index is 6.18. The van der Waals surface area contributed by atoms with Crippen molar-refractivity contribution in [1.29, 1.82) is 0 Å². The monoisotopic (exact) mass is 335 g/mol. The van der Waals surface area contributed by atoms with Crippen LogP contribution in [0.15, 0.2) is 18.2 Å². The van der Waals surface area contributed by atoms with Gasteiger partial charge in [0, 0.05) is 24.0 Å². The van der Waals surface area contributed by atoms with Gasteiger partial charge in [0.15, 0.2) is 0 Å². The summed E-state index contributed by atoms with van der Waals surface area (Å²) >= 11 is 12.2. The van der Waals surface area contributed by atoms with Crippen LogP contribution < -0.4 is 5.32 Å². The second-order valence-electron chi connectivity index (χ2n) is 5.73. The predicted molar refractivity (Wildman–Crippen MR) is 86.4 cm³/mol. The predicted octanol–water partition coefficient (Wildman–Crippen LogP) is 4.07. The zero-order valence-electron chi connectivity index (χ0n) is 11.5. The van der Waals surface area contributed by atoms with Crippen LogP contribution in [0.25, 0.3) is 0 Å². The van der Waals surface area contributed by atoms with E-state index in [0.29, 0.717) is 10.0 Å². The minimum absolute atomic E-state index is 0. The van der Waals surface area contributed by atoms with Gasteiger partial charge >= 0.3 is 0 Å². The van der Waals surface area contributed by atoms with Gasteiger partial charge in [-0.2, -0.15) is 0 Å². The van der Waals surface area contributed by atoms with Crippen molar-refractivity contribution in [1.82, 2.24) is 5.32 Å². The first-order valence-corrected chi connectivity index (χ1v) is 7.63. The Kier molecular flexibility index (Phi) is 4.93. The van der Waals surface area contributed by atoms with Gasteiger partial charge in [0.25, 0.3) is 0 Å². The topological polar surface area (TPSA) is 21.3 Å². The molecule has 20 heavy (non-hydrogen) atoms. The van der Waals surface area contributed by atoms with E-state index >= 15 is 0 Å². The summed E-state index contributed by atoms with van der Waals surface area (Å²) in [4.78, 5) is 0. The highest BCUT2D eigenvalue weighted by Crippen LogP contribution is 2.67. The van der Waals surface area contributed by atoms with Crippen LogP contribution in [0.3, 0.4) is 0 Å². The third kappa shape index (κ3) is 2.46. The Hall–Kier alpha value is 0.01000. The van der Waals surface area contributed by atoms with Crippen LogP contribution in [0.5, 0.6) is 0 Å². The van der Waals surface area contributed by atoms with Crippen molar-refractivity contribution in [2.24, 2.45) is 5.41 Å². The standard InChI is InChI=1S/C15H19Cl2NO.ClH/c1-2-19-10-14-8-15(14,5-6-18-9-14)11-3-4-12(16)13(17)7-11;/h3-4,7,18H,2,5-6,8-10H2,1H3;1H. The van der Waals surface area contributed by atoms with Crippen LogP contribution in [-0.2, 0) is 10.2 Å². The van der Waals surface area contributed by atoms with Crippen molar-refractivity contribution in [3.05, 3.63) is 33.8 Å². The van der Waals surface area contributed by atoms with Crippen molar-refractivity contribution in [2.75, 3.05) is 26.3 Å². The summed E-state index contributed by atoms with van der Waals surface area (Å²) in [7, 11) is 0. The van der Waals surface area contributed by atoms with Gasteiger partial charge in [-0.15, -0.1) is 12.4 Å². The molecule has 2 nitrogen and oxygen atoms in total. The van der Waals surface area contributed by atoms with Crippen molar-refractivity contribution in [3.63, 3.8) is 0 Å². The van der Waals surface area contributed by atoms with Crippen LogP contribution in [0.1, 0.15) is 25.3 Å². The second-order valence-corrected chi connectivity index (χ2v) is 6.55. The molecule has 0 amide bonds. The molecular formula is C15H20Cl3NO. The summed E-state index contributed by atoms with van der Waals surface area (Å²) in [5.41, 5.74) is 1.81. The molecule has 1 N–H and O–H groups in total. The second kappa shape index (κ2) is 6.02. The molecule has 2 unspecified atom stereocenters. The first-order chi connectivity index (χ1) is 9.13. The van der Waals surface area contributed by atoms with Crippen molar-refractivity contribution in [2.45, 2.75) is 25.2 Å². The van der Waals surface area contributed by atoms with E-state index in [9.17, 15) is 0 Å². The number of hydrogen-bond donors (Lipinski definition) is 1. The SMILES string of the molecule is CCOCC12CNCCC1(c1ccc(Cl)c(Cl)c1)C2.Cl.